The lowest BCUT2D eigenvalue weighted by Gasteiger charge is -2.24. The number of aliphatic hydroxyl groups excluding tert-OH is 2. The van der Waals surface area contributed by atoms with E-state index < -0.39 is 18.2 Å². The number of ether oxygens (including phenoxy) is 1. The summed E-state index contributed by atoms with van der Waals surface area (Å²) in [4.78, 5) is 26.1. The Morgan fingerprint density at radius 3 is 1.09 bits per heavy atom. The molecular formula is C50H99NO5. The van der Waals surface area contributed by atoms with Gasteiger partial charge in [0, 0.05) is 6.42 Å². The van der Waals surface area contributed by atoms with Gasteiger partial charge >= 0.3 is 5.97 Å². The molecular weight excluding hydrogens is 695 g/mol. The van der Waals surface area contributed by atoms with Crippen molar-refractivity contribution < 1.29 is 24.5 Å². The summed E-state index contributed by atoms with van der Waals surface area (Å²) in [6.45, 7) is 6.49. The number of carbonyl (C=O) groups is 2. The van der Waals surface area contributed by atoms with Crippen molar-refractivity contribution in [3.63, 3.8) is 0 Å². The van der Waals surface area contributed by atoms with Crippen LogP contribution in [-0.4, -0.2) is 46.9 Å². The smallest absolute Gasteiger partial charge is 0.306 e. The first-order chi connectivity index (χ1) is 27.5. The maximum atomic E-state index is 13.2. The number of hydrogen-bond acceptors (Lipinski definition) is 5. The Morgan fingerprint density at radius 2 is 0.750 bits per heavy atom. The summed E-state index contributed by atoms with van der Waals surface area (Å²) >= 11 is 0. The van der Waals surface area contributed by atoms with Crippen molar-refractivity contribution >= 4 is 11.9 Å². The van der Waals surface area contributed by atoms with Crippen LogP contribution in [0.5, 0.6) is 0 Å². The van der Waals surface area contributed by atoms with Crippen molar-refractivity contribution in [3.8, 4) is 0 Å². The SMILES string of the molecule is CCCCCCCCCCCCCCCCCC(=O)OC(CCCCCCCCCCCCC)CC(=O)NC(CO)C(O)CCCCCCCCCCCCC. The highest BCUT2D eigenvalue weighted by Gasteiger charge is 2.24. The van der Waals surface area contributed by atoms with Crippen LogP contribution >= 0.6 is 0 Å². The molecule has 0 fully saturated rings. The topological polar surface area (TPSA) is 95.9 Å². The predicted molar refractivity (Wildman–Crippen MR) is 241 cm³/mol. The Kier molecular flexibility index (Phi) is 44.0. The minimum absolute atomic E-state index is 0.0873. The largest absolute Gasteiger partial charge is 0.462 e. The number of carbonyl (C=O) groups excluding carboxylic acids is 2. The highest BCUT2D eigenvalue weighted by molar-refractivity contribution is 5.77. The van der Waals surface area contributed by atoms with Gasteiger partial charge in [0.1, 0.15) is 6.10 Å². The molecule has 0 bridgehead atoms. The molecule has 0 heterocycles. The Labute approximate surface area is 349 Å². The summed E-state index contributed by atoms with van der Waals surface area (Å²) in [5.41, 5.74) is 0. The molecule has 0 aromatic heterocycles. The van der Waals surface area contributed by atoms with Crippen molar-refractivity contribution in [1.82, 2.24) is 5.32 Å². The van der Waals surface area contributed by atoms with Gasteiger partial charge in [-0.15, -0.1) is 0 Å². The second kappa shape index (κ2) is 45.0. The molecule has 0 aliphatic carbocycles. The van der Waals surface area contributed by atoms with Gasteiger partial charge in [-0.3, -0.25) is 9.59 Å². The van der Waals surface area contributed by atoms with Crippen LogP contribution in [0.4, 0.5) is 0 Å². The van der Waals surface area contributed by atoms with Gasteiger partial charge in [-0.1, -0.05) is 245 Å². The number of nitrogens with one attached hydrogen (secondary N) is 1. The lowest BCUT2D eigenvalue weighted by atomic mass is 10.0. The molecule has 3 N–H and O–H groups in total. The molecule has 0 radical (unpaired) electrons. The Balaban J connectivity index is 4.48. The average molecular weight is 794 g/mol. The molecule has 0 rings (SSSR count). The summed E-state index contributed by atoms with van der Waals surface area (Å²) in [6, 6.07) is -0.690. The third kappa shape index (κ3) is 39.7. The highest BCUT2D eigenvalue weighted by atomic mass is 16.5. The molecule has 334 valence electrons. The predicted octanol–water partition coefficient (Wildman–Crippen LogP) is 14.8. The van der Waals surface area contributed by atoms with Crippen LogP contribution in [0, 0.1) is 0 Å². The van der Waals surface area contributed by atoms with Crippen LogP contribution in [-0.2, 0) is 14.3 Å². The zero-order valence-corrected chi connectivity index (χ0v) is 38.0. The van der Waals surface area contributed by atoms with E-state index in [9.17, 15) is 19.8 Å². The van der Waals surface area contributed by atoms with E-state index in [1.54, 1.807) is 0 Å². The third-order valence-electron chi connectivity index (χ3n) is 11.9. The molecule has 0 aromatic rings. The van der Waals surface area contributed by atoms with Crippen molar-refractivity contribution in [1.29, 1.82) is 0 Å². The fourth-order valence-electron chi connectivity index (χ4n) is 8.08. The summed E-state index contributed by atoms with van der Waals surface area (Å²) in [5, 5.41) is 23.7. The normalized spacial score (nSPS) is 13.2. The van der Waals surface area contributed by atoms with E-state index in [1.165, 1.54) is 199 Å². The number of esters is 1. The molecule has 6 nitrogen and oxygen atoms in total. The fourth-order valence-corrected chi connectivity index (χ4v) is 8.08. The van der Waals surface area contributed by atoms with Crippen molar-refractivity contribution in [2.24, 2.45) is 0 Å². The van der Waals surface area contributed by atoms with E-state index in [0.717, 1.165) is 38.5 Å². The summed E-state index contributed by atoms with van der Waals surface area (Å²) in [5.74, 6) is -0.453. The number of amides is 1. The van der Waals surface area contributed by atoms with Gasteiger partial charge in [0.2, 0.25) is 5.91 Å². The maximum absolute atomic E-state index is 13.2. The second-order valence-corrected chi connectivity index (χ2v) is 17.6. The first-order valence-corrected chi connectivity index (χ1v) is 25.3. The molecule has 0 saturated heterocycles. The molecule has 0 aliphatic rings. The lowest BCUT2D eigenvalue weighted by Crippen LogP contribution is -2.46. The Hall–Kier alpha value is -1.14. The first kappa shape index (κ1) is 54.9. The standard InChI is InChI=1S/C50H99NO5/c1-4-7-10-13-16-19-22-23-24-25-28-31-34-37-40-43-50(55)56-46(41-38-35-32-29-26-20-17-14-11-8-5-2)44-49(54)51-47(45-52)48(53)42-39-36-33-30-27-21-18-15-12-9-6-3/h46-48,52-53H,4-45H2,1-3H3,(H,51,54). The van der Waals surface area contributed by atoms with Crippen LogP contribution in [0.25, 0.3) is 0 Å². The third-order valence-corrected chi connectivity index (χ3v) is 11.9. The van der Waals surface area contributed by atoms with Crippen molar-refractivity contribution in [2.45, 2.75) is 302 Å². The maximum Gasteiger partial charge on any atom is 0.306 e. The van der Waals surface area contributed by atoms with Gasteiger partial charge < -0.3 is 20.3 Å². The molecule has 3 atom stereocenters. The zero-order valence-electron chi connectivity index (χ0n) is 38.0. The minimum Gasteiger partial charge on any atom is -0.462 e. The fraction of sp³-hybridized carbons (Fsp3) is 0.960. The van der Waals surface area contributed by atoms with Crippen molar-refractivity contribution in [2.75, 3.05) is 6.61 Å². The van der Waals surface area contributed by atoms with E-state index in [-0.39, 0.29) is 24.9 Å². The molecule has 1 amide bonds. The molecule has 3 unspecified atom stereocenters. The van der Waals surface area contributed by atoms with Crippen LogP contribution in [0.2, 0.25) is 0 Å². The number of unbranched alkanes of at least 4 members (excludes halogenated alkanes) is 34. The molecule has 0 saturated carbocycles. The summed E-state index contributed by atoms with van der Waals surface area (Å²) < 4.78 is 5.93. The number of rotatable bonds is 46. The van der Waals surface area contributed by atoms with Crippen LogP contribution in [0.3, 0.4) is 0 Å². The van der Waals surface area contributed by atoms with Gasteiger partial charge in [0.15, 0.2) is 0 Å². The molecule has 0 aromatic carbocycles. The van der Waals surface area contributed by atoms with E-state index in [0.29, 0.717) is 19.3 Å². The minimum atomic E-state index is -0.778. The highest BCUT2D eigenvalue weighted by Crippen LogP contribution is 2.19. The van der Waals surface area contributed by atoms with Gasteiger partial charge in [0.25, 0.3) is 0 Å². The summed E-state index contributed by atoms with van der Waals surface area (Å²) in [7, 11) is 0. The van der Waals surface area contributed by atoms with Crippen LogP contribution in [0.1, 0.15) is 284 Å². The van der Waals surface area contributed by atoms with Gasteiger partial charge in [-0.05, 0) is 25.7 Å². The van der Waals surface area contributed by atoms with E-state index in [1.807, 2.05) is 0 Å². The van der Waals surface area contributed by atoms with Crippen LogP contribution in [0.15, 0.2) is 0 Å². The van der Waals surface area contributed by atoms with E-state index in [2.05, 4.69) is 26.1 Å². The van der Waals surface area contributed by atoms with Crippen LogP contribution < -0.4 is 5.32 Å². The molecule has 6 heteroatoms. The quantitative estimate of drug-likeness (QED) is 0.0421. The van der Waals surface area contributed by atoms with Gasteiger partial charge in [-0.2, -0.15) is 0 Å². The number of aliphatic hydroxyl groups is 2. The van der Waals surface area contributed by atoms with E-state index in [4.69, 9.17) is 4.74 Å². The monoisotopic (exact) mass is 794 g/mol. The van der Waals surface area contributed by atoms with E-state index >= 15 is 0 Å². The average Bonchev–Trinajstić information content (AvgIpc) is 3.19. The van der Waals surface area contributed by atoms with Crippen molar-refractivity contribution in [3.05, 3.63) is 0 Å². The zero-order chi connectivity index (χ0) is 41.0. The van der Waals surface area contributed by atoms with Gasteiger partial charge in [0.05, 0.1) is 25.2 Å². The number of hydrogen-bond donors (Lipinski definition) is 3. The molecule has 0 aliphatic heterocycles. The Morgan fingerprint density at radius 1 is 0.446 bits per heavy atom. The lowest BCUT2D eigenvalue weighted by molar-refractivity contribution is -0.151. The molecule has 56 heavy (non-hydrogen) atoms. The summed E-state index contributed by atoms with van der Waals surface area (Å²) in [6.07, 6.45) is 47.3. The first-order valence-electron chi connectivity index (χ1n) is 25.3. The molecule has 0 spiro atoms. The Bertz CT molecular complexity index is 806. The second-order valence-electron chi connectivity index (χ2n) is 17.6. The van der Waals surface area contributed by atoms with Gasteiger partial charge in [-0.25, -0.2) is 0 Å².